The fourth-order valence-corrected chi connectivity index (χ4v) is 9.60. The minimum atomic E-state index is -0.434. The Bertz CT molecular complexity index is 1120. The van der Waals surface area contributed by atoms with Gasteiger partial charge in [0.1, 0.15) is 11.8 Å². The second kappa shape index (κ2) is 18.6. The summed E-state index contributed by atoms with van der Waals surface area (Å²) in [5.41, 5.74) is 2.94. The summed E-state index contributed by atoms with van der Waals surface area (Å²) in [5, 5.41) is 27.2. The predicted molar refractivity (Wildman–Crippen MR) is 192 cm³/mol. The van der Waals surface area contributed by atoms with Gasteiger partial charge < -0.3 is 20.8 Å². The molecule has 0 radical (unpaired) electrons. The molecule has 4 N–H and O–H groups in total. The first kappa shape index (κ1) is 37.7. The molecular weight excluding hydrogens is 584 g/mol. The van der Waals surface area contributed by atoms with E-state index in [-0.39, 0.29) is 29.3 Å². The molecule has 0 aliphatic heterocycles. The van der Waals surface area contributed by atoms with Crippen LogP contribution in [0.15, 0.2) is 18.2 Å². The van der Waals surface area contributed by atoms with Gasteiger partial charge in [0, 0.05) is 13.0 Å². The maximum Gasteiger partial charge on any atom is 0.242 e. The minimum absolute atomic E-state index is 0.00460. The number of hydrogen-bond donors (Lipinski definition) is 4. The van der Waals surface area contributed by atoms with Crippen molar-refractivity contribution < 1.29 is 19.8 Å². The lowest BCUT2D eigenvalue weighted by molar-refractivity contribution is -0.130. The van der Waals surface area contributed by atoms with E-state index in [4.69, 9.17) is 0 Å². The number of rotatable bonds is 20. The summed E-state index contributed by atoms with van der Waals surface area (Å²) >= 11 is 0. The van der Waals surface area contributed by atoms with Crippen molar-refractivity contribution in [3.05, 3.63) is 29.3 Å². The zero-order chi connectivity index (χ0) is 33.8. The zero-order valence-corrected chi connectivity index (χ0v) is 30.3. The summed E-state index contributed by atoms with van der Waals surface area (Å²) in [6.45, 7) is 9.29. The van der Waals surface area contributed by atoms with Crippen LogP contribution in [0.1, 0.15) is 167 Å². The first-order valence-electron chi connectivity index (χ1n) is 19.8. The van der Waals surface area contributed by atoms with Crippen LogP contribution in [0.3, 0.4) is 0 Å². The molecule has 2 fully saturated rings. The molecule has 0 aromatic heterocycles. The van der Waals surface area contributed by atoms with E-state index >= 15 is 0 Å². The molecule has 0 unspecified atom stereocenters. The molecule has 0 saturated heterocycles. The molecule has 1 aromatic carbocycles. The number of aromatic hydroxyl groups is 1. The molecule has 6 nitrogen and oxygen atoms in total. The van der Waals surface area contributed by atoms with Gasteiger partial charge in [0.25, 0.3) is 0 Å². The van der Waals surface area contributed by atoms with E-state index in [0.29, 0.717) is 42.4 Å². The number of phenolic OH excluding ortho intramolecular Hbond substituents is 1. The van der Waals surface area contributed by atoms with Gasteiger partial charge in [-0.3, -0.25) is 9.59 Å². The molecule has 266 valence electrons. The van der Waals surface area contributed by atoms with Gasteiger partial charge in [-0.25, -0.2) is 0 Å². The number of nitrogens with one attached hydrogen (secondary N) is 2. The van der Waals surface area contributed by atoms with Crippen molar-refractivity contribution in [2.24, 2.45) is 29.1 Å². The van der Waals surface area contributed by atoms with Gasteiger partial charge in [0.2, 0.25) is 11.8 Å². The van der Waals surface area contributed by atoms with Crippen molar-refractivity contribution in [2.45, 2.75) is 174 Å². The average molecular weight is 653 g/mol. The summed E-state index contributed by atoms with van der Waals surface area (Å²) in [6.07, 6.45) is 22.1. The summed E-state index contributed by atoms with van der Waals surface area (Å²) in [6, 6.07) is 5.68. The fraction of sp³-hybridized carbons (Fsp3) is 0.805. The van der Waals surface area contributed by atoms with Crippen molar-refractivity contribution in [1.29, 1.82) is 0 Å². The Labute approximate surface area is 286 Å². The monoisotopic (exact) mass is 653 g/mol. The highest BCUT2D eigenvalue weighted by atomic mass is 16.3. The molecule has 0 heterocycles. The highest BCUT2D eigenvalue weighted by molar-refractivity contribution is 5.87. The molecule has 2 saturated carbocycles. The standard InChI is InChI=1S/C41H68N2O4/c1-5-7-15-19-37(46)43-39(29(3)6-2)40(47)42-26-17-14-12-10-8-9-11-13-16-18-30-27-31-28-32(44)20-21-33(31)34-24-25-41(4)35(38(30)34)22-23-36(41)45/h20-21,28-30,34-36,38-39,44-45H,5-19,22-27H2,1-4H3,(H,42,47)(H,43,46)/t29-,30+,34+,35-,36-,38+,39-,41-/m0/s1. The third-order valence-corrected chi connectivity index (χ3v) is 12.7. The molecule has 1 aromatic rings. The van der Waals surface area contributed by atoms with Crippen LogP contribution >= 0.6 is 0 Å². The quantitative estimate of drug-likeness (QED) is 0.106. The number of aliphatic hydroxyl groups is 1. The maximum atomic E-state index is 12.8. The summed E-state index contributed by atoms with van der Waals surface area (Å²) < 4.78 is 0. The van der Waals surface area contributed by atoms with Crippen molar-refractivity contribution in [1.82, 2.24) is 10.6 Å². The molecular formula is C41H68N2O4. The second-order valence-corrected chi connectivity index (χ2v) is 15.9. The molecule has 6 heteroatoms. The highest BCUT2D eigenvalue weighted by Gasteiger charge is 2.56. The molecule has 4 rings (SSSR count). The Morgan fingerprint density at radius 2 is 1.64 bits per heavy atom. The number of carbonyl (C=O) groups excluding carboxylic acids is 2. The Kier molecular flexibility index (Phi) is 14.9. The number of fused-ring (bicyclic) bond motifs is 5. The van der Waals surface area contributed by atoms with Gasteiger partial charge in [-0.15, -0.1) is 0 Å². The van der Waals surface area contributed by atoms with Gasteiger partial charge in [-0.1, -0.05) is 104 Å². The smallest absolute Gasteiger partial charge is 0.242 e. The summed E-state index contributed by atoms with van der Waals surface area (Å²) in [5.74, 6) is 3.03. The van der Waals surface area contributed by atoms with E-state index < -0.39 is 6.04 Å². The zero-order valence-electron chi connectivity index (χ0n) is 30.3. The highest BCUT2D eigenvalue weighted by Crippen LogP contribution is 2.62. The Balaban J connectivity index is 1.09. The first-order valence-corrected chi connectivity index (χ1v) is 19.8. The van der Waals surface area contributed by atoms with Crippen molar-refractivity contribution in [2.75, 3.05) is 6.54 Å². The second-order valence-electron chi connectivity index (χ2n) is 15.9. The van der Waals surface area contributed by atoms with Crippen molar-refractivity contribution in [3.63, 3.8) is 0 Å². The SMILES string of the molecule is CCCCCC(=O)N[C@H](C(=O)NCCCCCCCCCCC[C@@H]1Cc2cc(O)ccc2[C@H]2CC[C@]3(C)[C@@H](O)CC[C@H]3[C@H]12)[C@@H](C)CC. The molecule has 0 bridgehead atoms. The van der Waals surface area contributed by atoms with E-state index in [1.807, 2.05) is 19.1 Å². The van der Waals surface area contributed by atoms with Crippen LogP contribution in [-0.4, -0.2) is 40.7 Å². The predicted octanol–water partition coefficient (Wildman–Crippen LogP) is 8.96. The van der Waals surface area contributed by atoms with Crippen LogP contribution in [-0.2, 0) is 16.0 Å². The Morgan fingerprint density at radius 3 is 2.34 bits per heavy atom. The van der Waals surface area contributed by atoms with Gasteiger partial charge in [-0.2, -0.15) is 0 Å². The number of unbranched alkanes of at least 4 members (excludes halogenated alkanes) is 10. The van der Waals surface area contributed by atoms with Crippen molar-refractivity contribution in [3.8, 4) is 5.75 Å². The molecule has 8 atom stereocenters. The molecule has 0 spiro atoms. The normalized spacial score (nSPS) is 27.7. The van der Waals surface area contributed by atoms with Crippen LogP contribution in [0.4, 0.5) is 0 Å². The number of hydrogen-bond acceptors (Lipinski definition) is 4. The lowest BCUT2D eigenvalue weighted by Crippen LogP contribution is -2.50. The third-order valence-electron chi connectivity index (χ3n) is 12.7. The fourth-order valence-electron chi connectivity index (χ4n) is 9.60. The number of amides is 2. The molecule has 3 aliphatic rings. The largest absolute Gasteiger partial charge is 0.508 e. The van der Waals surface area contributed by atoms with Crippen LogP contribution < -0.4 is 10.6 Å². The van der Waals surface area contributed by atoms with Gasteiger partial charge in [0.05, 0.1) is 6.10 Å². The summed E-state index contributed by atoms with van der Waals surface area (Å²) in [7, 11) is 0. The Morgan fingerprint density at radius 1 is 0.936 bits per heavy atom. The van der Waals surface area contributed by atoms with Crippen LogP contribution in [0, 0.1) is 29.1 Å². The van der Waals surface area contributed by atoms with Gasteiger partial charge in [0.15, 0.2) is 0 Å². The topological polar surface area (TPSA) is 98.7 Å². The van der Waals surface area contributed by atoms with E-state index in [1.54, 1.807) is 0 Å². The van der Waals surface area contributed by atoms with E-state index in [2.05, 4.69) is 37.5 Å². The number of carbonyl (C=O) groups is 2. The third kappa shape index (κ3) is 9.98. The summed E-state index contributed by atoms with van der Waals surface area (Å²) in [4.78, 5) is 25.2. The minimum Gasteiger partial charge on any atom is -0.508 e. The van der Waals surface area contributed by atoms with E-state index in [1.165, 1.54) is 75.3 Å². The first-order chi connectivity index (χ1) is 22.7. The van der Waals surface area contributed by atoms with E-state index in [0.717, 1.165) is 57.8 Å². The van der Waals surface area contributed by atoms with E-state index in [9.17, 15) is 19.8 Å². The van der Waals surface area contributed by atoms with Gasteiger partial charge >= 0.3 is 0 Å². The maximum absolute atomic E-state index is 12.8. The van der Waals surface area contributed by atoms with Gasteiger partial charge in [-0.05, 0) is 110 Å². The lowest BCUT2D eigenvalue weighted by Gasteiger charge is -2.53. The number of phenols is 1. The Hall–Kier alpha value is -2.08. The average Bonchev–Trinajstić information content (AvgIpc) is 3.36. The lowest BCUT2D eigenvalue weighted by atomic mass is 9.52. The molecule has 2 amide bonds. The van der Waals surface area contributed by atoms with Crippen LogP contribution in [0.2, 0.25) is 0 Å². The molecule has 3 aliphatic carbocycles. The molecule has 47 heavy (non-hydrogen) atoms. The number of aliphatic hydroxyl groups excluding tert-OH is 1. The van der Waals surface area contributed by atoms with Crippen LogP contribution in [0.25, 0.3) is 0 Å². The number of benzene rings is 1. The van der Waals surface area contributed by atoms with Crippen molar-refractivity contribution >= 4 is 11.8 Å². The van der Waals surface area contributed by atoms with Crippen LogP contribution in [0.5, 0.6) is 5.75 Å².